The molecule has 0 heterocycles. The van der Waals surface area contributed by atoms with E-state index < -0.39 is 15.9 Å². The van der Waals surface area contributed by atoms with Crippen LogP contribution in [0.15, 0.2) is 30.3 Å². The van der Waals surface area contributed by atoms with E-state index in [1.807, 2.05) is 44.2 Å². The Morgan fingerprint density at radius 2 is 1.76 bits per heavy atom. The summed E-state index contributed by atoms with van der Waals surface area (Å²) in [6.45, 7) is 4.06. The summed E-state index contributed by atoms with van der Waals surface area (Å²) in [5.41, 5.74) is 6.88. The van der Waals surface area contributed by atoms with Gasteiger partial charge in [0.05, 0.1) is 17.6 Å². The molecule has 0 radical (unpaired) electrons. The lowest BCUT2D eigenvalue weighted by Gasteiger charge is -2.20. The number of nitrogens with two attached hydrogens (primary N) is 1. The first-order valence-corrected chi connectivity index (χ1v) is 9.30. The second-order valence-corrected chi connectivity index (χ2v) is 8.34. The highest BCUT2D eigenvalue weighted by atomic mass is 32.2. The summed E-state index contributed by atoms with van der Waals surface area (Å²) in [4.78, 5) is 0. The molecule has 0 aliphatic rings. The minimum absolute atomic E-state index is 0.00715. The Morgan fingerprint density at radius 3 is 2.33 bits per heavy atom. The van der Waals surface area contributed by atoms with Crippen molar-refractivity contribution in [3.8, 4) is 0 Å². The highest BCUT2D eigenvalue weighted by molar-refractivity contribution is 7.91. The van der Waals surface area contributed by atoms with E-state index in [1.165, 1.54) is 0 Å². The van der Waals surface area contributed by atoms with Crippen LogP contribution in [0.5, 0.6) is 0 Å². The minimum atomic E-state index is -3.15. The maximum atomic E-state index is 12.0. The van der Waals surface area contributed by atoms with Gasteiger partial charge in [0.2, 0.25) is 0 Å². The van der Waals surface area contributed by atoms with E-state index in [0.29, 0.717) is 18.8 Å². The van der Waals surface area contributed by atoms with Gasteiger partial charge in [-0.25, -0.2) is 8.42 Å². The molecule has 1 rings (SSSR count). The first-order chi connectivity index (χ1) is 9.80. The van der Waals surface area contributed by atoms with Gasteiger partial charge in [-0.3, -0.25) is 0 Å². The first-order valence-electron chi connectivity index (χ1n) is 7.48. The summed E-state index contributed by atoms with van der Waals surface area (Å²) < 4.78 is 24.0. The predicted molar refractivity (Wildman–Crippen MR) is 86.9 cm³/mol. The number of aliphatic hydroxyl groups excluding tert-OH is 1. The van der Waals surface area contributed by atoms with Crippen LogP contribution in [0, 0.1) is 5.92 Å². The second-order valence-electron chi connectivity index (χ2n) is 6.04. The normalized spacial score (nSPS) is 15.1. The van der Waals surface area contributed by atoms with Gasteiger partial charge in [0.1, 0.15) is 0 Å². The van der Waals surface area contributed by atoms with Crippen LogP contribution in [-0.2, 0) is 16.3 Å². The summed E-state index contributed by atoms with van der Waals surface area (Å²) in [6, 6.07) is 9.19. The molecule has 1 aromatic carbocycles. The lowest BCUT2D eigenvalue weighted by Crippen LogP contribution is -2.37. The van der Waals surface area contributed by atoms with Crippen molar-refractivity contribution < 1.29 is 13.5 Å². The maximum absolute atomic E-state index is 12.0. The topological polar surface area (TPSA) is 80.4 Å². The van der Waals surface area contributed by atoms with Crippen LogP contribution in [0.25, 0.3) is 0 Å². The second kappa shape index (κ2) is 8.51. The molecular formula is C16H27NO3S. The van der Waals surface area contributed by atoms with E-state index in [9.17, 15) is 13.5 Å². The van der Waals surface area contributed by atoms with Crippen LogP contribution in [0.4, 0.5) is 0 Å². The van der Waals surface area contributed by atoms with Crippen LogP contribution in [0.3, 0.4) is 0 Å². The van der Waals surface area contributed by atoms with Gasteiger partial charge in [0.25, 0.3) is 0 Å². The largest absolute Gasteiger partial charge is 0.391 e. The molecule has 0 aliphatic carbocycles. The number of sulfone groups is 1. The summed E-state index contributed by atoms with van der Waals surface area (Å²) in [5, 5.41) is 9.93. The van der Waals surface area contributed by atoms with E-state index in [1.54, 1.807) is 0 Å². The molecule has 1 aromatic rings. The summed E-state index contributed by atoms with van der Waals surface area (Å²) in [7, 11) is -3.15. The zero-order chi connectivity index (χ0) is 15.9. The molecule has 2 atom stereocenters. The van der Waals surface area contributed by atoms with E-state index >= 15 is 0 Å². The predicted octanol–water partition coefficient (Wildman–Crippen LogP) is 1.77. The van der Waals surface area contributed by atoms with Crippen molar-refractivity contribution in [2.75, 3.05) is 11.5 Å². The average Bonchev–Trinajstić information content (AvgIpc) is 2.43. The molecule has 0 aromatic heterocycles. The van der Waals surface area contributed by atoms with Crippen molar-refractivity contribution in [2.24, 2.45) is 11.7 Å². The van der Waals surface area contributed by atoms with Crippen molar-refractivity contribution in [3.63, 3.8) is 0 Å². The molecule has 21 heavy (non-hydrogen) atoms. The van der Waals surface area contributed by atoms with E-state index in [2.05, 4.69) is 0 Å². The Bertz CT molecular complexity index is 500. The van der Waals surface area contributed by atoms with Gasteiger partial charge in [0, 0.05) is 6.04 Å². The monoisotopic (exact) mass is 313 g/mol. The third-order valence-corrected chi connectivity index (χ3v) is 5.19. The summed E-state index contributed by atoms with van der Waals surface area (Å²) in [5.74, 6) is 0.500. The molecule has 0 unspecified atom stereocenters. The van der Waals surface area contributed by atoms with Crippen molar-refractivity contribution in [1.82, 2.24) is 0 Å². The fourth-order valence-electron chi connectivity index (χ4n) is 2.24. The summed E-state index contributed by atoms with van der Waals surface area (Å²) >= 11 is 0. The fourth-order valence-corrected chi connectivity index (χ4v) is 3.59. The molecule has 0 fully saturated rings. The van der Waals surface area contributed by atoms with Gasteiger partial charge in [-0.05, 0) is 30.7 Å². The standard InChI is InChI=1S/C16H27NO3S/c1-13(2)12-15(17)16(18)9-11-21(19,20)10-8-14-6-4-3-5-7-14/h3-7,13,15-16,18H,8-12,17H2,1-2H3/t15-,16-/m0/s1. The molecule has 120 valence electrons. The van der Waals surface area contributed by atoms with Crippen molar-refractivity contribution in [2.45, 2.75) is 45.3 Å². The van der Waals surface area contributed by atoms with Gasteiger partial charge in [-0.15, -0.1) is 0 Å². The van der Waals surface area contributed by atoms with Crippen LogP contribution in [-0.4, -0.2) is 37.2 Å². The molecule has 5 heteroatoms. The Kier molecular flexibility index (Phi) is 7.35. The quantitative estimate of drug-likeness (QED) is 0.728. The third-order valence-electron chi connectivity index (χ3n) is 3.51. The van der Waals surface area contributed by atoms with Crippen LogP contribution in [0.2, 0.25) is 0 Å². The zero-order valence-electron chi connectivity index (χ0n) is 12.9. The highest BCUT2D eigenvalue weighted by Gasteiger charge is 2.19. The van der Waals surface area contributed by atoms with Gasteiger partial charge in [-0.2, -0.15) is 0 Å². The van der Waals surface area contributed by atoms with Crippen molar-refractivity contribution in [1.29, 1.82) is 0 Å². The fraction of sp³-hybridized carbons (Fsp3) is 0.625. The lowest BCUT2D eigenvalue weighted by molar-refractivity contribution is 0.131. The minimum Gasteiger partial charge on any atom is -0.391 e. The van der Waals surface area contributed by atoms with Gasteiger partial charge in [0.15, 0.2) is 9.84 Å². The SMILES string of the molecule is CC(C)C[C@H](N)[C@@H](O)CCS(=O)(=O)CCc1ccccc1. The molecule has 0 aliphatic heterocycles. The number of benzene rings is 1. The van der Waals surface area contributed by atoms with E-state index in [-0.39, 0.29) is 24.0 Å². The average molecular weight is 313 g/mol. The zero-order valence-corrected chi connectivity index (χ0v) is 13.7. The molecule has 0 saturated heterocycles. The highest BCUT2D eigenvalue weighted by Crippen LogP contribution is 2.10. The summed E-state index contributed by atoms with van der Waals surface area (Å²) in [6.07, 6.45) is 0.673. The molecule has 3 N–H and O–H groups in total. The molecule has 0 saturated carbocycles. The Balaban J connectivity index is 2.39. The van der Waals surface area contributed by atoms with Gasteiger partial charge in [-0.1, -0.05) is 44.2 Å². The van der Waals surface area contributed by atoms with Crippen LogP contribution >= 0.6 is 0 Å². The number of aryl methyl sites for hydroxylation is 1. The smallest absolute Gasteiger partial charge is 0.150 e. The van der Waals surface area contributed by atoms with Gasteiger partial charge < -0.3 is 10.8 Å². The third kappa shape index (κ3) is 7.60. The number of aliphatic hydroxyl groups is 1. The lowest BCUT2D eigenvalue weighted by atomic mass is 9.99. The van der Waals surface area contributed by atoms with E-state index in [4.69, 9.17) is 5.73 Å². The van der Waals surface area contributed by atoms with Crippen molar-refractivity contribution >= 4 is 9.84 Å². The Labute approximate surface area is 128 Å². The number of hydrogen-bond acceptors (Lipinski definition) is 4. The Hall–Kier alpha value is -0.910. The molecular weight excluding hydrogens is 286 g/mol. The number of hydrogen-bond donors (Lipinski definition) is 2. The number of rotatable bonds is 9. The first kappa shape index (κ1) is 18.1. The molecule has 0 bridgehead atoms. The van der Waals surface area contributed by atoms with Gasteiger partial charge >= 0.3 is 0 Å². The van der Waals surface area contributed by atoms with Crippen molar-refractivity contribution in [3.05, 3.63) is 35.9 Å². The van der Waals surface area contributed by atoms with Crippen LogP contribution in [0.1, 0.15) is 32.3 Å². The Morgan fingerprint density at radius 1 is 1.14 bits per heavy atom. The maximum Gasteiger partial charge on any atom is 0.150 e. The molecule has 0 amide bonds. The van der Waals surface area contributed by atoms with E-state index in [0.717, 1.165) is 5.56 Å². The van der Waals surface area contributed by atoms with Crippen LogP contribution < -0.4 is 5.73 Å². The molecule has 0 spiro atoms. The molecule has 4 nitrogen and oxygen atoms in total.